The SMILES string of the molecule is CCOc1cc(NC(=NC)NCCS(=O)c2ccccc2)ccc1OC.I. The molecular weight excluding hydrogens is 477 g/mol. The Morgan fingerprint density at radius 3 is 2.52 bits per heavy atom. The highest BCUT2D eigenvalue weighted by Crippen LogP contribution is 2.30. The quantitative estimate of drug-likeness (QED) is 0.328. The second-order valence-electron chi connectivity index (χ2n) is 5.29. The van der Waals surface area contributed by atoms with Crippen molar-refractivity contribution < 1.29 is 13.7 Å². The number of aliphatic imine (C=N–C) groups is 1. The largest absolute Gasteiger partial charge is 0.493 e. The average molecular weight is 503 g/mol. The van der Waals surface area contributed by atoms with E-state index >= 15 is 0 Å². The van der Waals surface area contributed by atoms with E-state index in [0.717, 1.165) is 10.6 Å². The van der Waals surface area contributed by atoms with Crippen LogP contribution in [-0.2, 0) is 10.8 Å². The minimum Gasteiger partial charge on any atom is -0.493 e. The van der Waals surface area contributed by atoms with Crippen LogP contribution in [0.2, 0.25) is 0 Å². The van der Waals surface area contributed by atoms with Crippen molar-refractivity contribution in [1.29, 1.82) is 0 Å². The Morgan fingerprint density at radius 1 is 1.15 bits per heavy atom. The molecule has 0 saturated carbocycles. The van der Waals surface area contributed by atoms with Gasteiger partial charge in [0.15, 0.2) is 17.5 Å². The van der Waals surface area contributed by atoms with Crippen molar-refractivity contribution >= 4 is 46.4 Å². The highest BCUT2D eigenvalue weighted by molar-refractivity contribution is 14.0. The first-order valence-electron chi connectivity index (χ1n) is 8.39. The van der Waals surface area contributed by atoms with Crippen LogP contribution in [0.25, 0.3) is 0 Å². The summed E-state index contributed by atoms with van der Waals surface area (Å²) in [6, 6.07) is 15.0. The van der Waals surface area contributed by atoms with Crippen LogP contribution in [0.4, 0.5) is 5.69 Å². The first-order chi connectivity index (χ1) is 12.7. The molecule has 2 N–H and O–H groups in total. The molecule has 0 aromatic heterocycles. The van der Waals surface area contributed by atoms with Crippen LogP contribution in [0.15, 0.2) is 58.4 Å². The molecule has 0 heterocycles. The molecule has 0 radical (unpaired) electrons. The zero-order valence-electron chi connectivity index (χ0n) is 15.7. The molecule has 0 bridgehead atoms. The van der Waals surface area contributed by atoms with Crippen molar-refractivity contribution in [3.8, 4) is 11.5 Å². The fourth-order valence-electron chi connectivity index (χ4n) is 2.29. The standard InChI is InChI=1S/C19H25N3O3S.HI/c1-4-25-18-14-15(10-11-17(18)24-3)22-19(20-2)21-12-13-26(23)16-8-6-5-7-9-16;/h5-11,14H,4,12-13H2,1-3H3,(H2,20,21,22);1H. The van der Waals surface area contributed by atoms with Gasteiger partial charge in [-0.15, -0.1) is 24.0 Å². The van der Waals surface area contributed by atoms with Gasteiger partial charge < -0.3 is 20.1 Å². The summed E-state index contributed by atoms with van der Waals surface area (Å²) >= 11 is 0. The smallest absolute Gasteiger partial charge is 0.195 e. The lowest BCUT2D eigenvalue weighted by Crippen LogP contribution is -2.33. The minimum absolute atomic E-state index is 0. The lowest BCUT2D eigenvalue weighted by molar-refractivity contribution is 0.311. The fourth-order valence-corrected chi connectivity index (χ4v) is 3.27. The predicted molar refractivity (Wildman–Crippen MR) is 122 cm³/mol. The number of hydrogen-bond donors (Lipinski definition) is 2. The van der Waals surface area contributed by atoms with Crippen LogP contribution in [0, 0.1) is 0 Å². The molecule has 0 aliphatic rings. The number of anilines is 1. The second kappa shape index (κ2) is 12.6. The van der Waals surface area contributed by atoms with Crippen molar-refractivity contribution in [2.45, 2.75) is 11.8 Å². The number of rotatable bonds is 8. The molecule has 0 aliphatic heterocycles. The summed E-state index contributed by atoms with van der Waals surface area (Å²) in [6.45, 7) is 3.01. The maximum Gasteiger partial charge on any atom is 0.195 e. The molecule has 0 fully saturated rings. The number of ether oxygens (including phenoxy) is 2. The normalized spacial score (nSPS) is 11.9. The maximum absolute atomic E-state index is 12.2. The van der Waals surface area contributed by atoms with Crippen molar-refractivity contribution in [3.63, 3.8) is 0 Å². The fraction of sp³-hybridized carbons (Fsp3) is 0.316. The summed E-state index contributed by atoms with van der Waals surface area (Å²) in [5.74, 6) is 2.44. The van der Waals surface area contributed by atoms with E-state index in [1.54, 1.807) is 14.2 Å². The lowest BCUT2D eigenvalue weighted by atomic mass is 10.2. The monoisotopic (exact) mass is 503 g/mol. The molecule has 6 nitrogen and oxygen atoms in total. The first kappa shape index (κ1) is 23.2. The van der Waals surface area contributed by atoms with Gasteiger partial charge in [-0.3, -0.25) is 9.20 Å². The molecule has 0 saturated heterocycles. The van der Waals surface area contributed by atoms with Gasteiger partial charge in [0.1, 0.15) is 0 Å². The third kappa shape index (κ3) is 7.37. The van der Waals surface area contributed by atoms with Crippen molar-refractivity contribution in [2.75, 3.05) is 38.4 Å². The Morgan fingerprint density at radius 2 is 1.89 bits per heavy atom. The highest BCUT2D eigenvalue weighted by atomic mass is 127. The number of halogens is 1. The number of methoxy groups -OCH3 is 1. The third-order valence-corrected chi connectivity index (χ3v) is 4.91. The molecule has 0 spiro atoms. The van der Waals surface area contributed by atoms with E-state index in [1.165, 1.54) is 0 Å². The van der Waals surface area contributed by atoms with Gasteiger partial charge in [-0.05, 0) is 31.2 Å². The summed E-state index contributed by atoms with van der Waals surface area (Å²) in [5, 5.41) is 6.37. The van der Waals surface area contributed by atoms with E-state index in [9.17, 15) is 4.21 Å². The topological polar surface area (TPSA) is 72.0 Å². The first-order valence-corrected chi connectivity index (χ1v) is 9.71. The number of nitrogens with one attached hydrogen (secondary N) is 2. The number of benzene rings is 2. The van der Waals surface area contributed by atoms with Crippen LogP contribution in [0.3, 0.4) is 0 Å². The number of nitrogens with zero attached hydrogens (tertiary/aromatic N) is 1. The second-order valence-corrected chi connectivity index (χ2v) is 6.86. The van der Waals surface area contributed by atoms with Gasteiger partial charge in [0.2, 0.25) is 0 Å². The van der Waals surface area contributed by atoms with Crippen LogP contribution < -0.4 is 20.1 Å². The Hall–Kier alpha value is -1.81. The highest BCUT2D eigenvalue weighted by Gasteiger charge is 2.08. The summed E-state index contributed by atoms with van der Waals surface area (Å²) < 4.78 is 23.1. The predicted octanol–water partition coefficient (Wildman–Crippen LogP) is 3.51. The molecule has 0 aliphatic carbocycles. The zero-order chi connectivity index (χ0) is 18.8. The molecule has 27 heavy (non-hydrogen) atoms. The van der Waals surface area contributed by atoms with Gasteiger partial charge in [0.05, 0.1) is 24.5 Å². The molecular formula is C19H26IN3O3S. The summed E-state index contributed by atoms with van der Waals surface area (Å²) in [6.07, 6.45) is 0. The van der Waals surface area contributed by atoms with Gasteiger partial charge in [0, 0.05) is 36.0 Å². The van der Waals surface area contributed by atoms with Crippen molar-refractivity contribution in [2.24, 2.45) is 4.99 Å². The molecule has 1 atom stereocenters. The molecule has 2 aromatic carbocycles. The Balaban J connectivity index is 0.00000364. The molecule has 148 valence electrons. The Kier molecular flexibility index (Phi) is 10.8. The number of guanidine groups is 1. The molecule has 1 unspecified atom stereocenters. The molecule has 2 aromatic rings. The van der Waals surface area contributed by atoms with Crippen LogP contribution >= 0.6 is 24.0 Å². The third-order valence-electron chi connectivity index (χ3n) is 3.54. The minimum atomic E-state index is -1.04. The zero-order valence-corrected chi connectivity index (χ0v) is 18.9. The van der Waals surface area contributed by atoms with Crippen molar-refractivity contribution in [1.82, 2.24) is 5.32 Å². The van der Waals surface area contributed by atoms with E-state index in [1.807, 2.05) is 55.5 Å². The van der Waals surface area contributed by atoms with Crippen LogP contribution in [-0.4, -0.2) is 43.2 Å². The van der Waals surface area contributed by atoms with E-state index < -0.39 is 10.8 Å². The van der Waals surface area contributed by atoms with Crippen LogP contribution in [0.1, 0.15) is 6.92 Å². The molecule has 2 rings (SSSR count). The summed E-state index contributed by atoms with van der Waals surface area (Å²) in [7, 11) is 2.26. The Labute approximate surface area is 180 Å². The van der Waals surface area contributed by atoms with Crippen LogP contribution in [0.5, 0.6) is 11.5 Å². The maximum atomic E-state index is 12.2. The van der Waals surface area contributed by atoms with Gasteiger partial charge in [0.25, 0.3) is 0 Å². The average Bonchev–Trinajstić information content (AvgIpc) is 2.68. The van der Waals surface area contributed by atoms with Gasteiger partial charge in [-0.2, -0.15) is 0 Å². The van der Waals surface area contributed by atoms with Crippen molar-refractivity contribution in [3.05, 3.63) is 48.5 Å². The number of hydrogen-bond acceptors (Lipinski definition) is 4. The van der Waals surface area contributed by atoms with E-state index in [-0.39, 0.29) is 24.0 Å². The van der Waals surface area contributed by atoms with Gasteiger partial charge in [-0.25, -0.2) is 0 Å². The van der Waals surface area contributed by atoms with Gasteiger partial charge in [-0.1, -0.05) is 18.2 Å². The lowest BCUT2D eigenvalue weighted by Gasteiger charge is -2.14. The summed E-state index contributed by atoms with van der Waals surface area (Å²) in [5.41, 5.74) is 0.825. The van der Waals surface area contributed by atoms with E-state index in [0.29, 0.717) is 36.4 Å². The molecule has 0 amide bonds. The Bertz CT molecular complexity index is 757. The van der Waals surface area contributed by atoms with E-state index in [2.05, 4.69) is 15.6 Å². The van der Waals surface area contributed by atoms with Gasteiger partial charge >= 0.3 is 0 Å². The molecule has 8 heteroatoms. The van der Waals surface area contributed by atoms with E-state index in [4.69, 9.17) is 9.47 Å². The summed E-state index contributed by atoms with van der Waals surface area (Å²) in [4.78, 5) is 5.02.